The van der Waals surface area contributed by atoms with Crippen LogP contribution in [-0.2, 0) is 11.4 Å². The van der Waals surface area contributed by atoms with Crippen LogP contribution in [-0.4, -0.2) is 5.11 Å². The molecule has 0 fully saturated rings. The molecule has 1 aromatic carbocycles. The Hall–Kier alpha value is -0.580. The van der Waals surface area contributed by atoms with Crippen molar-refractivity contribution in [3.05, 3.63) is 27.2 Å². The van der Waals surface area contributed by atoms with Gasteiger partial charge in [0.25, 0.3) is 0 Å². The van der Waals surface area contributed by atoms with Gasteiger partial charge in [0.05, 0.1) is 6.61 Å². The monoisotopic (exact) mass is 245 g/mol. The number of phenols is 1. The van der Waals surface area contributed by atoms with E-state index >= 15 is 0 Å². The Balaban J connectivity index is 3.26. The lowest BCUT2D eigenvalue weighted by Crippen LogP contribution is -2.02. The van der Waals surface area contributed by atoms with Crippen molar-refractivity contribution in [2.75, 3.05) is 0 Å². The summed E-state index contributed by atoms with van der Waals surface area (Å²) in [6, 6.07) is 1.93. The van der Waals surface area contributed by atoms with Crippen LogP contribution >= 0.6 is 15.9 Å². The zero-order chi connectivity index (χ0) is 10.0. The maximum absolute atomic E-state index is 9.72. The molecule has 1 aromatic rings. The summed E-state index contributed by atoms with van der Waals surface area (Å²) in [6.07, 6.45) is 0. The Morgan fingerprint density at radius 2 is 2.15 bits per heavy atom. The SMILES string of the molecule is Cc1cc(Br)c(C)c(O)c1CON. The zero-order valence-corrected chi connectivity index (χ0v) is 9.18. The molecule has 0 amide bonds. The van der Waals surface area contributed by atoms with Crippen LogP contribution in [0.5, 0.6) is 5.75 Å². The third-order valence-electron chi connectivity index (χ3n) is 2.05. The van der Waals surface area contributed by atoms with Crippen LogP contribution in [0.25, 0.3) is 0 Å². The van der Waals surface area contributed by atoms with Gasteiger partial charge in [0.1, 0.15) is 5.75 Å². The molecule has 0 unspecified atom stereocenters. The third kappa shape index (κ3) is 2.02. The summed E-state index contributed by atoms with van der Waals surface area (Å²) in [5.41, 5.74) is 2.50. The van der Waals surface area contributed by atoms with Crippen molar-refractivity contribution >= 4 is 15.9 Å². The minimum atomic E-state index is 0.228. The Bertz CT molecular complexity index is 326. The van der Waals surface area contributed by atoms with Crippen LogP contribution in [0.1, 0.15) is 16.7 Å². The van der Waals surface area contributed by atoms with Crippen LogP contribution in [0.3, 0.4) is 0 Å². The van der Waals surface area contributed by atoms with E-state index in [1.165, 1.54) is 0 Å². The van der Waals surface area contributed by atoms with Crippen LogP contribution in [0, 0.1) is 13.8 Å². The molecule has 3 N–H and O–H groups in total. The summed E-state index contributed by atoms with van der Waals surface area (Å²) >= 11 is 3.35. The van der Waals surface area contributed by atoms with E-state index in [4.69, 9.17) is 5.90 Å². The maximum atomic E-state index is 9.72. The van der Waals surface area contributed by atoms with E-state index in [1.807, 2.05) is 19.9 Å². The highest BCUT2D eigenvalue weighted by molar-refractivity contribution is 9.10. The number of aryl methyl sites for hydroxylation is 1. The van der Waals surface area contributed by atoms with E-state index in [2.05, 4.69) is 20.8 Å². The second-order valence-electron chi connectivity index (χ2n) is 2.94. The van der Waals surface area contributed by atoms with Gasteiger partial charge in [-0.15, -0.1) is 0 Å². The van der Waals surface area contributed by atoms with Gasteiger partial charge in [0.15, 0.2) is 0 Å². The first-order chi connectivity index (χ1) is 6.07. The molecule has 0 aromatic heterocycles. The van der Waals surface area contributed by atoms with Gasteiger partial charge >= 0.3 is 0 Å². The number of aromatic hydroxyl groups is 1. The molecule has 3 nitrogen and oxygen atoms in total. The fraction of sp³-hybridized carbons (Fsp3) is 0.333. The molecule has 0 aliphatic carbocycles. The number of rotatable bonds is 2. The lowest BCUT2D eigenvalue weighted by atomic mass is 10.0. The number of hydrogen-bond acceptors (Lipinski definition) is 3. The molecule has 13 heavy (non-hydrogen) atoms. The molecule has 0 radical (unpaired) electrons. The van der Waals surface area contributed by atoms with Crippen molar-refractivity contribution < 1.29 is 9.94 Å². The minimum Gasteiger partial charge on any atom is -0.507 e. The molecule has 0 spiro atoms. The molecular formula is C9H12BrNO2. The van der Waals surface area contributed by atoms with Gasteiger partial charge in [0, 0.05) is 15.6 Å². The first kappa shape index (κ1) is 10.5. The largest absolute Gasteiger partial charge is 0.507 e. The van der Waals surface area contributed by atoms with E-state index in [1.54, 1.807) is 0 Å². The molecule has 72 valence electrons. The number of hydrogen-bond donors (Lipinski definition) is 2. The fourth-order valence-electron chi connectivity index (χ4n) is 1.18. The topological polar surface area (TPSA) is 55.5 Å². The Morgan fingerprint density at radius 3 is 2.69 bits per heavy atom. The smallest absolute Gasteiger partial charge is 0.125 e. The van der Waals surface area contributed by atoms with Crippen molar-refractivity contribution in [1.29, 1.82) is 0 Å². The number of halogens is 1. The molecule has 0 saturated carbocycles. The normalized spacial score (nSPS) is 10.5. The molecule has 0 aliphatic rings. The lowest BCUT2D eigenvalue weighted by Gasteiger charge is -2.11. The van der Waals surface area contributed by atoms with Crippen molar-refractivity contribution in [2.24, 2.45) is 5.90 Å². The predicted octanol–water partition coefficient (Wildman–Crippen LogP) is 2.16. The second-order valence-corrected chi connectivity index (χ2v) is 3.79. The summed E-state index contributed by atoms with van der Waals surface area (Å²) < 4.78 is 0.892. The minimum absolute atomic E-state index is 0.228. The molecule has 0 saturated heterocycles. The summed E-state index contributed by atoms with van der Waals surface area (Å²) in [5.74, 6) is 5.21. The lowest BCUT2D eigenvalue weighted by molar-refractivity contribution is 0.121. The molecule has 4 heteroatoms. The molecule has 1 rings (SSSR count). The van der Waals surface area contributed by atoms with Crippen molar-refractivity contribution in [3.8, 4) is 5.75 Å². The molecule has 0 atom stereocenters. The molecule has 0 bridgehead atoms. The second kappa shape index (κ2) is 4.09. The van der Waals surface area contributed by atoms with Crippen LogP contribution in [0.4, 0.5) is 0 Å². The van der Waals surface area contributed by atoms with Gasteiger partial charge in [-0.25, -0.2) is 5.90 Å². The van der Waals surface area contributed by atoms with E-state index in [0.717, 1.165) is 21.2 Å². The number of benzene rings is 1. The Morgan fingerprint density at radius 1 is 1.54 bits per heavy atom. The van der Waals surface area contributed by atoms with Gasteiger partial charge in [0.2, 0.25) is 0 Å². The van der Waals surface area contributed by atoms with Gasteiger partial charge in [-0.1, -0.05) is 15.9 Å². The van der Waals surface area contributed by atoms with Crippen LogP contribution in [0.2, 0.25) is 0 Å². The first-order valence-electron chi connectivity index (χ1n) is 3.87. The molecule has 0 aliphatic heterocycles. The van der Waals surface area contributed by atoms with Gasteiger partial charge < -0.3 is 5.11 Å². The van der Waals surface area contributed by atoms with E-state index in [-0.39, 0.29) is 12.4 Å². The third-order valence-corrected chi connectivity index (χ3v) is 2.87. The number of nitrogens with two attached hydrogens (primary N) is 1. The molecular weight excluding hydrogens is 234 g/mol. The van der Waals surface area contributed by atoms with E-state index in [0.29, 0.717) is 0 Å². The molecule has 0 heterocycles. The van der Waals surface area contributed by atoms with Crippen molar-refractivity contribution in [2.45, 2.75) is 20.5 Å². The van der Waals surface area contributed by atoms with Gasteiger partial charge in [-0.2, -0.15) is 0 Å². The highest BCUT2D eigenvalue weighted by atomic mass is 79.9. The predicted molar refractivity (Wildman–Crippen MR) is 54.3 cm³/mol. The van der Waals surface area contributed by atoms with Crippen molar-refractivity contribution in [3.63, 3.8) is 0 Å². The standard InChI is InChI=1S/C9H12BrNO2/c1-5-3-8(10)6(2)9(12)7(5)4-13-11/h3,12H,4,11H2,1-2H3. The highest BCUT2D eigenvalue weighted by Crippen LogP contribution is 2.31. The summed E-state index contributed by atoms with van der Waals surface area (Å²) in [7, 11) is 0. The maximum Gasteiger partial charge on any atom is 0.125 e. The average molecular weight is 246 g/mol. The Kier molecular flexibility index (Phi) is 3.30. The van der Waals surface area contributed by atoms with Crippen LogP contribution < -0.4 is 5.90 Å². The summed E-state index contributed by atoms with van der Waals surface area (Å²) in [4.78, 5) is 4.51. The van der Waals surface area contributed by atoms with E-state index < -0.39 is 0 Å². The highest BCUT2D eigenvalue weighted by Gasteiger charge is 2.10. The zero-order valence-electron chi connectivity index (χ0n) is 7.60. The average Bonchev–Trinajstić information content (AvgIpc) is 2.09. The fourth-order valence-corrected chi connectivity index (χ4v) is 1.71. The first-order valence-corrected chi connectivity index (χ1v) is 4.66. The van der Waals surface area contributed by atoms with Gasteiger partial charge in [-0.3, -0.25) is 4.84 Å². The van der Waals surface area contributed by atoms with Gasteiger partial charge in [-0.05, 0) is 25.5 Å². The summed E-state index contributed by atoms with van der Waals surface area (Å²) in [5, 5.41) is 9.72. The number of phenolic OH excluding ortho intramolecular Hbond substituents is 1. The van der Waals surface area contributed by atoms with Crippen molar-refractivity contribution in [1.82, 2.24) is 0 Å². The quantitative estimate of drug-likeness (QED) is 0.786. The van der Waals surface area contributed by atoms with E-state index in [9.17, 15) is 5.11 Å². The Labute approximate surface area is 85.6 Å². The van der Waals surface area contributed by atoms with Crippen LogP contribution in [0.15, 0.2) is 10.5 Å². The summed E-state index contributed by atoms with van der Waals surface area (Å²) in [6.45, 7) is 3.96.